The Labute approximate surface area is 192 Å². The van der Waals surface area contributed by atoms with Gasteiger partial charge in [0.15, 0.2) is 0 Å². The molecule has 0 atom stereocenters. The van der Waals surface area contributed by atoms with Crippen molar-refractivity contribution in [2.24, 2.45) is 0 Å². The van der Waals surface area contributed by atoms with Crippen LogP contribution >= 0.6 is 10.0 Å². The standard InChI is InChI=1S/C27H32N4S/c1-32(2,3)14-11-23-16-24-25-15-22(17-29-27(25)30-26(24)18-28-23)21-9-7-20(8-10-21)19-31-12-5-4-6-13-31/h7-10,15-16,18,29-30H,4-6,12-13,17,19H2,1-3H3. The minimum absolute atomic E-state index is 0.818. The number of aromatic amines is 1. The number of hydrogen-bond acceptors (Lipinski definition) is 3. The minimum Gasteiger partial charge on any atom is -0.367 e. The lowest BCUT2D eigenvalue weighted by Gasteiger charge is -2.26. The van der Waals surface area contributed by atoms with E-state index >= 15 is 0 Å². The van der Waals surface area contributed by atoms with Gasteiger partial charge in [-0.2, -0.15) is 10.0 Å². The summed E-state index contributed by atoms with van der Waals surface area (Å²) in [4.78, 5) is 10.6. The van der Waals surface area contributed by atoms with Gasteiger partial charge in [-0.1, -0.05) is 30.7 Å². The molecule has 0 saturated carbocycles. The predicted molar refractivity (Wildman–Crippen MR) is 140 cm³/mol. The van der Waals surface area contributed by atoms with Gasteiger partial charge in [0.05, 0.1) is 11.7 Å². The molecule has 2 aromatic heterocycles. The lowest BCUT2D eigenvalue weighted by atomic mass is 9.98. The van der Waals surface area contributed by atoms with E-state index in [4.69, 9.17) is 0 Å². The lowest BCUT2D eigenvalue weighted by Crippen LogP contribution is -2.29. The molecule has 0 unspecified atom stereocenters. The molecule has 0 bridgehead atoms. The molecule has 4 heterocycles. The largest absolute Gasteiger partial charge is 0.367 e. The van der Waals surface area contributed by atoms with Gasteiger partial charge in [0.1, 0.15) is 11.5 Å². The van der Waals surface area contributed by atoms with E-state index in [1.165, 1.54) is 60.0 Å². The number of benzene rings is 1. The number of piperidine rings is 1. The van der Waals surface area contributed by atoms with Crippen LogP contribution in [0.2, 0.25) is 0 Å². The van der Waals surface area contributed by atoms with Crippen LogP contribution in [-0.4, -0.2) is 53.3 Å². The maximum atomic E-state index is 4.54. The number of aromatic nitrogens is 2. The molecule has 1 fully saturated rings. The number of likely N-dealkylation sites (tertiary alicyclic amines) is 1. The highest BCUT2D eigenvalue weighted by Crippen LogP contribution is 2.35. The first kappa shape index (κ1) is 21.2. The average molecular weight is 445 g/mol. The van der Waals surface area contributed by atoms with Crippen LogP contribution in [0.4, 0.5) is 5.82 Å². The van der Waals surface area contributed by atoms with Crippen molar-refractivity contribution in [3.8, 4) is 11.2 Å². The van der Waals surface area contributed by atoms with Crippen molar-refractivity contribution in [1.29, 1.82) is 0 Å². The molecular formula is C27H32N4S. The molecule has 2 N–H and O–H groups in total. The summed E-state index contributed by atoms with van der Waals surface area (Å²) >= 11 is 0. The van der Waals surface area contributed by atoms with Crippen molar-refractivity contribution >= 4 is 38.4 Å². The Morgan fingerprint density at radius 1 is 1.06 bits per heavy atom. The highest BCUT2D eigenvalue weighted by molar-refractivity contribution is 8.35. The van der Waals surface area contributed by atoms with E-state index in [2.05, 4.69) is 86.5 Å². The van der Waals surface area contributed by atoms with Crippen LogP contribution in [0, 0.1) is 11.2 Å². The molecule has 32 heavy (non-hydrogen) atoms. The molecule has 166 valence electrons. The number of nitrogens with one attached hydrogen (secondary N) is 2. The highest BCUT2D eigenvalue weighted by atomic mass is 32.3. The molecule has 1 aromatic carbocycles. The van der Waals surface area contributed by atoms with Crippen LogP contribution in [0.15, 0.2) is 36.5 Å². The van der Waals surface area contributed by atoms with Crippen LogP contribution in [0.25, 0.3) is 22.6 Å². The Morgan fingerprint density at radius 2 is 1.84 bits per heavy atom. The van der Waals surface area contributed by atoms with Gasteiger partial charge < -0.3 is 10.3 Å². The Hall–Kier alpha value is -2.68. The van der Waals surface area contributed by atoms with E-state index in [9.17, 15) is 0 Å². The number of anilines is 1. The Kier molecular flexibility index (Phi) is 5.75. The zero-order valence-electron chi connectivity index (χ0n) is 19.3. The van der Waals surface area contributed by atoms with Crippen LogP contribution in [0.1, 0.15) is 41.6 Å². The molecular weight excluding hydrogens is 412 g/mol. The SMILES string of the molecule is CS(C)(C)C#Cc1cc2c3c([nH]c2cn1)NCC(c1ccc(CN2CCCCC2)cc1)=C3. The minimum atomic E-state index is -0.874. The van der Waals surface area contributed by atoms with Crippen molar-refractivity contribution in [1.82, 2.24) is 14.9 Å². The summed E-state index contributed by atoms with van der Waals surface area (Å²) in [6.45, 7) is 4.35. The fourth-order valence-corrected chi connectivity index (χ4v) is 4.88. The van der Waals surface area contributed by atoms with E-state index < -0.39 is 10.0 Å². The van der Waals surface area contributed by atoms with Gasteiger partial charge in [-0.05, 0) is 84.7 Å². The Morgan fingerprint density at radius 3 is 2.59 bits per heavy atom. The number of fused-ring (bicyclic) bond motifs is 3. The smallest absolute Gasteiger partial charge is 0.114 e. The van der Waals surface area contributed by atoms with Crippen LogP contribution in [0.3, 0.4) is 0 Å². The molecule has 0 spiro atoms. The summed E-state index contributed by atoms with van der Waals surface area (Å²) in [7, 11) is -0.874. The van der Waals surface area contributed by atoms with Crippen molar-refractivity contribution in [3.05, 3.63) is 58.9 Å². The van der Waals surface area contributed by atoms with E-state index in [1.807, 2.05) is 6.20 Å². The van der Waals surface area contributed by atoms with Gasteiger partial charge in [-0.15, -0.1) is 0 Å². The van der Waals surface area contributed by atoms with E-state index in [0.717, 1.165) is 30.1 Å². The van der Waals surface area contributed by atoms with Gasteiger partial charge >= 0.3 is 0 Å². The second-order valence-electron chi connectivity index (χ2n) is 9.65. The lowest BCUT2D eigenvalue weighted by molar-refractivity contribution is 0.221. The van der Waals surface area contributed by atoms with Gasteiger partial charge in [0.2, 0.25) is 0 Å². The summed E-state index contributed by atoms with van der Waals surface area (Å²) in [5, 5.41) is 8.11. The first-order chi connectivity index (χ1) is 15.4. The third-order valence-electron chi connectivity index (χ3n) is 6.16. The number of rotatable bonds is 3. The van der Waals surface area contributed by atoms with Gasteiger partial charge in [-0.3, -0.25) is 4.90 Å². The second kappa shape index (κ2) is 8.69. The van der Waals surface area contributed by atoms with E-state index in [-0.39, 0.29) is 0 Å². The van der Waals surface area contributed by atoms with Gasteiger partial charge in [-0.25, -0.2) is 4.98 Å². The molecule has 0 aliphatic carbocycles. The molecule has 5 heteroatoms. The van der Waals surface area contributed by atoms with Crippen LogP contribution in [-0.2, 0) is 6.54 Å². The number of nitrogens with zero attached hydrogens (tertiary/aromatic N) is 2. The molecule has 0 amide bonds. The molecule has 2 aliphatic heterocycles. The van der Waals surface area contributed by atoms with Crippen molar-refractivity contribution in [2.75, 3.05) is 43.7 Å². The average Bonchev–Trinajstić information content (AvgIpc) is 3.16. The van der Waals surface area contributed by atoms with Crippen molar-refractivity contribution < 1.29 is 0 Å². The van der Waals surface area contributed by atoms with Crippen molar-refractivity contribution in [2.45, 2.75) is 25.8 Å². The summed E-state index contributed by atoms with van der Waals surface area (Å²) in [5.41, 5.74) is 7.09. The van der Waals surface area contributed by atoms with Crippen LogP contribution in [0.5, 0.6) is 0 Å². The quantitative estimate of drug-likeness (QED) is 0.523. The molecule has 0 radical (unpaired) electrons. The third-order valence-corrected chi connectivity index (χ3v) is 6.88. The summed E-state index contributed by atoms with van der Waals surface area (Å²) in [6, 6.07) is 11.3. The summed E-state index contributed by atoms with van der Waals surface area (Å²) in [6.07, 6.45) is 14.9. The predicted octanol–water partition coefficient (Wildman–Crippen LogP) is 5.52. The normalized spacial score (nSPS) is 17.2. The van der Waals surface area contributed by atoms with Gasteiger partial charge in [0, 0.05) is 24.0 Å². The first-order valence-electron chi connectivity index (χ1n) is 11.4. The second-order valence-corrected chi connectivity index (χ2v) is 13.5. The van der Waals surface area contributed by atoms with Crippen molar-refractivity contribution in [3.63, 3.8) is 0 Å². The Balaban J connectivity index is 1.41. The van der Waals surface area contributed by atoms with E-state index in [1.54, 1.807) is 0 Å². The first-order valence-corrected chi connectivity index (χ1v) is 14.3. The third kappa shape index (κ3) is 4.72. The van der Waals surface area contributed by atoms with E-state index in [0.29, 0.717) is 0 Å². The molecule has 4 nitrogen and oxygen atoms in total. The fourth-order valence-electron chi connectivity index (χ4n) is 4.47. The monoisotopic (exact) mass is 444 g/mol. The Bertz CT molecular complexity index is 1210. The molecule has 5 rings (SSSR count). The maximum Gasteiger partial charge on any atom is 0.114 e. The zero-order chi connectivity index (χ0) is 22.1. The molecule has 2 aliphatic rings. The number of hydrogen-bond donors (Lipinski definition) is 2. The maximum absolute atomic E-state index is 4.54. The highest BCUT2D eigenvalue weighted by Gasteiger charge is 2.17. The molecule has 1 saturated heterocycles. The summed E-state index contributed by atoms with van der Waals surface area (Å²) < 4.78 is 0. The number of H-pyrrole nitrogens is 1. The van der Waals surface area contributed by atoms with Crippen LogP contribution < -0.4 is 5.32 Å². The van der Waals surface area contributed by atoms with Gasteiger partial charge in [0.25, 0.3) is 0 Å². The summed E-state index contributed by atoms with van der Waals surface area (Å²) in [5.74, 6) is 4.34. The zero-order valence-corrected chi connectivity index (χ0v) is 20.1. The number of pyridine rings is 1. The topological polar surface area (TPSA) is 44.0 Å². The molecule has 3 aromatic rings. The fraction of sp³-hybridized carbons (Fsp3) is 0.370.